The van der Waals surface area contributed by atoms with Crippen LogP contribution in [0.4, 0.5) is 0 Å². The Morgan fingerprint density at radius 1 is 0.500 bits per heavy atom. The lowest BCUT2D eigenvalue weighted by Gasteiger charge is -2.59. The smallest absolute Gasteiger partial charge is 0.237 e. The van der Waals surface area contributed by atoms with Crippen LogP contribution in [0.25, 0.3) is 0 Å². The summed E-state index contributed by atoms with van der Waals surface area (Å²) in [6, 6.07) is 0. The minimum absolute atomic E-state index is 0.850. The fourth-order valence-corrected chi connectivity index (χ4v) is 3.91. The van der Waals surface area contributed by atoms with Crippen molar-refractivity contribution in [2.45, 2.75) is 11.7 Å². The van der Waals surface area contributed by atoms with E-state index in [4.69, 9.17) is 0 Å². The Morgan fingerprint density at radius 3 is 0.875 bits per heavy atom. The van der Waals surface area contributed by atoms with Crippen molar-refractivity contribution in [2.24, 2.45) is 0 Å². The first-order valence-corrected chi connectivity index (χ1v) is 6.12. The van der Waals surface area contributed by atoms with Gasteiger partial charge < -0.3 is 10.2 Å². The van der Waals surface area contributed by atoms with Gasteiger partial charge in [-0.3, -0.25) is 19.6 Å². The zero-order valence-electron chi connectivity index (χ0n) is 9.34. The van der Waals surface area contributed by atoms with Crippen molar-refractivity contribution in [1.29, 1.82) is 0 Å². The number of aliphatic hydroxyl groups is 2. The maximum atomic E-state index is 10.9. The molecule has 4 aliphatic heterocycles. The van der Waals surface area contributed by atoms with Gasteiger partial charge in [-0.25, -0.2) is 0 Å². The first-order chi connectivity index (χ1) is 7.67. The third-order valence-electron chi connectivity index (χ3n) is 4.77. The molecule has 0 radical (unpaired) electrons. The molecular formula is C10H18N4O2. The monoisotopic (exact) mass is 226 g/mol. The van der Waals surface area contributed by atoms with Crippen LogP contribution in [0.3, 0.4) is 0 Å². The Hall–Kier alpha value is -0.240. The van der Waals surface area contributed by atoms with Gasteiger partial charge in [-0.2, -0.15) is 0 Å². The van der Waals surface area contributed by atoms with E-state index >= 15 is 0 Å². The lowest BCUT2D eigenvalue weighted by atomic mass is 10.1. The van der Waals surface area contributed by atoms with Crippen LogP contribution in [0.2, 0.25) is 0 Å². The zero-order chi connectivity index (χ0) is 11.0. The number of hydrogen-bond donors (Lipinski definition) is 2. The van der Waals surface area contributed by atoms with Crippen LogP contribution in [-0.4, -0.2) is 93.9 Å². The van der Waals surface area contributed by atoms with Crippen molar-refractivity contribution in [2.75, 3.05) is 52.4 Å². The molecule has 0 aromatic heterocycles. The molecule has 4 rings (SSSR count). The fraction of sp³-hybridized carbons (Fsp3) is 1.00. The highest BCUT2D eigenvalue weighted by Gasteiger charge is 2.71. The maximum absolute atomic E-state index is 10.9. The molecule has 6 heteroatoms. The molecule has 0 atom stereocenters. The Morgan fingerprint density at radius 2 is 0.688 bits per heavy atom. The largest absolute Gasteiger partial charge is 0.358 e. The molecule has 0 bridgehead atoms. The summed E-state index contributed by atoms with van der Waals surface area (Å²) in [6.07, 6.45) is 0. The van der Waals surface area contributed by atoms with E-state index in [1.807, 2.05) is 19.6 Å². The number of rotatable bonds is 0. The van der Waals surface area contributed by atoms with Crippen LogP contribution in [0.1, 0.15) is 0 Å². The molecule has 16 heavy (non-hydrogen) atoms. The van der Waals surface area contributed by atoms with E-state index in [0.29, 0.717) is 0 Å². The van der Waals surface area contributed by atoms with Gasteiger partial charge in [0.25, 0.3) is 0 Å². The Balaban J connectivity index is 1.88. The molecule has 0 spiro atoms. The van der Waals surface area contributed by atoms with Crippen molar-refractivity contribution < 1.29 is 10.2 Å². The van der Waals surface area contributed by atoms with E-state index in [2.05, 4.69) is 0 Å². The molecule has 0 aliphatic carbocycles. The zero-order valence-corrected chi connectivity index (χ0v) is 9.34. The summed E-state index contributed by atoms with van der Waals surface area (Å²) in [4.78, 5) is 8.12. The van der Waals surface area contributed by atoms with Crippen LogP contribution in [0, 0.1) is 0 Å². The summed E-state index contributed by atoms with van der Waals surface area (Å²) in [5.74, 6) is -2.36. The standard InChI is InChI=1S/C10H18N4O2/c15-9-10(16)13-3-4-14(10)8-7-12(9)2-1-11(9)5-6-13/h15-16H,1-8H2. The number of hydrogen-bond acceptors (Lipinski definition) is 6. The minimum Gasteiger partial charge on any atom is -0.358 e. The van der Waals surface area contributed by atoms with E-state index in [1.165, 1.54) is 0 Å². The van der Waals surface area contributed by atoms with Gasteiger partial charge in [0.05, 0.1) is 0 Å². The second-order valence-corrected chi connectivity index (χ2v) is 5.22. The first-order valence-electron chi connectivity index (χ1n) is 6.12. The summed E-state index contributed by atoms with van der Waals surface area (Å²) in [6.45, 7) is 6.85. The lowest BCUT2D eigenvalue weighted by Crippen LogP contribution is -2.83. The third kappa shape index (κ3) is 0.805. The fourth-order valence-electron chi connectivity index (χ4n) is 3.91. The molecule has 6 nitrogen and oxygen atoms in total. The van der Waals surface area contributed by atoms with Gasteiger partial charge in [0.15, 0.2) is 0 Å². The normalized spacial score (nSPS) is 49.9. The van der Waals surface area contributed by atoms with Crippen molar-refractivity contribution in [1.82, 2.24) is 19.6 Å². The van der Waals surface area contributed by atoms with Crippen molar-refractivity contribution in [3.63, 3.8) is 0 Å². The van der Waals surface area contributed by atoms with Crippen molar-refractivity contribution >= 4 is 0 Å². The molecule has 4 heterocycles. The highest BCUT2D eigenvalue weighted by atomic mass is 16.4. The summed E-state index contributed by atoms with van der Waals surface area (Å²) >= 11 is 0. The predicted molar refractivity (Wildman–Crippen MR) is 56.2 cm³/mol. The summed E-state index contributed by atoms with van der Waals surface area (Å²) in [7, 11) is 0. The van der Waals surface area contributed by atoms with Crippen LogP contribution in [-0.2, 0) is 0 Å². The van der Waals surface area contributed by atoms with Crippen LogP contribution in [0.5, 0.6) is 0 Å². The maximum Gasteiger partial charge on any atom is 0.237 e. The van der Waals surface area contributed by atoms with Gasteiger partial charge in [0.1, 0.15) is 0 Å². The molecule has 4 saturated heterocycles. The summed E-state index contributed by atoms with van der Waals surface area (Å²) in [5.41, 5.74) is 0. The highest BCUT2D eigenvalue weighted by molar-refractivity contribution is 5.11. The Kier molecular flexibility index (Phi) is 1.69. The van der Waals surface area contributed by atoms with Gasteiger partial charge in [-0.1, -0.05) is 0 Å². The van der Waals surface area contributed by atoms with Crippen molar-refractivity contribution in [3.05, 3.63) is 0 Å². The molecule has 0 aromatic carbocycles. The van der Waals surface area contributed by atoms with E-state index in [0.717, 1.165) is 52.4 Å². The van der Waals surface area contributed by atoms with Crippen LogP contribution in [0.15, 0.2) is 0 Å². The highest BCUT2D eigenvalue weighted by Crippen LogP contribution is 2.46. The van der Waals surface area contributed by atoms with E-state index < -0.39 is 11.7 Å². The Labute approximate surface area is 94.6 Å². The van der Waals surface area contributed by atoms with Gasteiger partial charge in [-0.15, -0.1) is 0 Å². The lowest BCUT2D eigenvalue weighted by molar-refractivity contribution is -0.395. The third-order valence-corrected chi connectivity index (χ3v) is 4.77. The quantitative estimate of drug-likeness (QED) is 0.478. The van der Waals surface area contributed by atoms with Gasteiger partial charge >= 0.3 is 0 Å². The molecular weight excluding hydrogens is 208 g/mol. The molecule has 0 aromatic rings. The summed E-state index contributed by atoms with van der Waals surface area (Å²) < 4.78 is 0. The second-order valence-electron chi connectivity index (χ2n) is 5.22. The molecule has 2 N–H and O–H groups in total. The molecule has 0 amide bonds. The SMILES string of the molecule is OC12N3CCN1CCN1CCN(CC3)C12O. The molecule has 4 aliphatic rings. The minimum atomic E-state index is -1.18. The molecule has 0 saturated carbocycles. The first kappa shape index (κ1) is 9.76. The summed E-state index contributed by atoms with van der Waals surface area (Å²) in [5, 5.41) is 21.9. The second kappa shape index (κ2) is 2.77. The molecule has 0 unspecified atom stereocenters. The van der Waals surface area contributed by atoms with Gasteiger partial charge in [0, 0.05) is 52.4 Å². The van der Waals surface area contributed by atoms with Crippen LogP contribution < -0.4 is 0 Å². The van der Waals surface area contributed by atoms with Crippen LogP contribution >= 0.6 is 0 Å². The average Bonchev–Trinajstić information content (AvgIpc) is 2.73. The molecule has 4 fully saturated rings. The number of nitrogens with zero attached hydrogens (tertiary/aromatic N) is 4. The Bertz CT molecular complexity index is 281. The van der Waals surface area contributed by atoms with E-state index in [9.17, 15) is 10.2 Å². The van der Waals surface area contributed by atoms with Crippen molar-refractivity contribution in [3.8, 4) is 0 Å². The van der Waals surface area contributed by atoms with Gasteiger partial charge in [0.2, 0.25) is 11.7 Å². The van der Waals surface area contributed by atoms with Gasteiger partial charge in [-0.05, 0) is 0 Å². The molecule has 90 valence electrons. The number of piperazine rings is 2. The topological polar surface area (TPSA) is 53.4 Å². The predicted octanol–water partition coefficient (Wildman–Crippen LogP) is -2.46. The van der Waals surface area contributed by atoms with E-state index in [1.54, 1.807) is 0 Å². The average molecular weight is 226 g/mol. The van der Waals surface area contributed by atoms with E-state index in [-0.39, 0.29) is 0 Å².